The summed E-state index contributed by atoms with van der Waals surface area (Å²) >= 11 is 0. The molecule has 2 unspecified atom stereocenters. The first-order chi connectivity index (χ1) is 8.16. The molecule has 1 aromatic carbocycles. The van der Waals surface area contributed by atoms with Crippen molar-refractivity contribution in [1.29, 1.82) is 0 Å². The minimum Gasteiger partial charge on any atom is -0.343 e. The van der Waals surface area contributed by atoms with Gasteiger partial charge in [0.1, 0.15) is 0 Å². The van der Waals surface area contributed by atoms with E-state index in [2.05, 4.69) is 60.9 Å². The van der Waals surface area contributed by atoms with E-state index < -0.39 is 0 Å². The summed E-state index contributed by atoms with van der Waals surface area (Å²) in [5.41, 5.74) is 2.74. The van der Waals surface area contributed by atoms with Crippen LogP contribution in [0.5, 0.6) is 0 Å². The molecule has 2 nitrogen and oxygen atoms in total. The summed E-state index contributed by atoms with van der Waals surface area (Å²) in [4.78, 5) is 2.36. The molecule has 1 aliphatic carbocycles. The van der Waals surface area contributed by atoms with Crippen molar-refractivity contribution in [2.24, 2.45) is 0 Å². The Balaban J connectivity index is 2.03. The first-order valence-corrected chi connectivity index (χ1v) is 6.40. The fourth-order valence-corrected chi connectivity index (χ4v) is 2.94. The maximum atomic E-state index is 2.47. The van der Waals surface area contributed by atoms with E-state index in [1.165, 1.54) is 29.3 Å². The number of nitrogens with zero attached hydrogens (tertiary/aromatic N) is 2. The summed E-state index contributed by atoms with van der Waals surface area (Å²) in [6, 6.07) is 10.3. The Morgan fingerprint density at radius 1 is 1.18 bits per heavy atom. The molecule has 0 N–H and O–H groups in total. The van der Waals surface area contributed by atoms with Gasteiger partial charge in [-0.25, -0.2) is 0 Å². The summed E-state index contributed by atoms with van der Waals surface area (Å²) < 4.78 is 2.47. The number of aromatic nitrogens is 1. The van der Waals surface area contributed by atoms with Crippen LogP contribution in [0.3, 0.4) is 0 Å². The highest BCUT2D eigenvalue weighted by molar-refractivity contribution is 5.81. The van der Waals surface area contributed by atoms with Crippen LogP contribution in [0.25, 0.3) is 10.9 Å². The highest BCUT2D eigenvalue weighted by atomic mass is 15.2. The summed E-state index contributed by atoms with van der Waals surface area (Å²) in [5.74, 6) is 0. The lowest BCUT2D eigenvalue weighted by molar-refractivity contribution is 0.116. The molecule has 0 aliphatic heterocycles. The molecule has 90 valence electrons. The Morgan fingerprint density at radius 2 is 2.00 bits per heavy atom. The Bertz CT molecular complexity index is 539. The van der Waals surface area contributed by atoms with Gasteiger partial charge < -0.3 is 9.47 Å². The largest absolute Gasteiger partial charge is 0.343 e. The lowest BCUT2D eigenvalue weighted by Crippen LogP contribution is -2.43. The van der Waals surface area contributed by atoms with Gasteiger partial charge in [0.2, 0.25) is 0 Å². The summed E-state index contributed by atoms with van der Waals surface area (Å²) in [5, 5.41) is 1.36. The SMILES string of the molecule is Cc1ccc2ccn(C3CCC3N(C)C)c2c1. The molecular formula is C15H20N2. The molecule has 1 fully saturated rings. The number of rotatable bonds is 2. The van der Waals surface area contributed by atoms with Gasteiger partial charge in [0, 0.05) is 23.8 Å². The van der Waals surface area contributed by atoms with Crippen LogP contribution < -0.4 is 0 Å². The van der Waals surface area contributed by atoms with Gasteiger partial charge in [0.05, 0.1) is 0 Å². The zero-order chi connectivity index (χ0) is 12.0. The van der Waals surface area contributed by atoms with Gasteiger partial charge in [-0.15, -0.1) is 0 Å². The van der Waals surface area contributed by atoms with Crippen LogP contribution in [-0.2, 0) is 0 Å². The minimum absolute atomic E-state index is 0.657. The van der Waals surface area contributed by atoms with E-state index in [0.717, 1.165) is 0 Å². The molecule has 0 saturated heterocycles. The van der Waals surface area contributed by atoms with Crippen molar-refractivity contribution in [3.8, 4) is 0 Å². The first kappa shape index (κ1) is 10.8. The quantitative estimate of drug-likeness (QED) is 0.766. The third-order valence-electron chi connectivity index (χ3n) is 4.10. The van der Waals surface area contributed by atoms with E-state index in [1.54, 1.807) is 0 Å². The van der Waals surface area contributed by atoms with Gasteiger partial charge in [-0.1, -0.05) is 12.1 Å². The fourth-order valence-electron chi connectivity index (χ4n) is 2.94. The normalized spacial score (nSPS) is 24.2. The summed E-state index contributed by atoms with van der Waals surface area (Å²) in [7, 11) is 4.38. The zero-order valence-corrected chi connectivity index (χ0v) is 10.9. The number of fused-ring (bicyclic) bond motifs is 1. The van der Waals surface area contributed by atoms with Gasteiger partial charge in [0.15, 0.2) is 0 Å². The Hall–Kier alpha value is -1.28. The second-order valence-electron chi connectivity index (χ2n) is 5.46. The molecule has 1 aliphatic rings. The lowest BCUT2D eigenvalue weighted by Gasteiger charge is -2.42. The molecule has 2 heteroatoms. The van der Waals surface area contributed by atoms with E-state index in [-0.39, 0.29) is 0 Å². The van der Waals surface area contributed by atoms with Gasteiger partial charge in [-0.3, -0.25) is 0 Å². The fraction of sp³-hybridized carbons (Fsp3) is 0.467. The molecule has 17 heavy (non-hydrogen) atoms. The van der Waals surface area contributed by atoms with Crippen LogP contribution in [0.15, 0.2) is 30.5 Å². The van der Waals surface area contributed by atoms with Crippen LogP contribution in [0.4, 0.5) is 0 Å². The number of hydrogen-bond acceptors (Lipinski definition) is 1. The molecule has 0 spiro atoms. The van der Waals surface area contributed by atoms with E-state index in [9.17, 15) is 0 Å². The van der Waals surface area contributed by atoms with E-state index in [0.29, 0.717) is 12.1 Å². The van der Waals surface area contributed by atoms with Crippen molar-refractivity contribution >= 4 is 10.9 Å². The van der Waals surface area contributed by atoms with Crippen LogP contribution in [0.1, 0.15) is 24.4 Å². The topological polar surface area (TPSA) is 8.17 Å². The third-order valence-corrected chi connectivity index (χ3v) is 4.10. The average Bonchev–Trinajstić information content (AvgIpc) is 2.59. The van der Waals surface area contributed by atoms with Gasteiger partial charge >= 0.3 is 0 Å². The number of benzene rings is 1. The third kappa shape index (κ3) is 1.67. The van der Waals surface area contributed by atoms with Crippen LogP contribution in [0.2, 0.25) is 0 Å². The molecule has 1 heterocycles. The van der Waals surface area contributed by atoms with Gasteiger partial charge in [-0.2, -0.15) is 0 Å². The highest BCUT2D eigenvalue weighted by Gasteiger charge is 2.33. The molecule has 0 radical (unpaired) electrons. The first-order valence-electron chi connectivity index (χ1n) is 6.40. The summed E-state index contributed by atoms with van der Waals surface area (Å²) in [6.07, 6.45) is 4.88. The predicted octanol–water partition coefficient (Wildman–Crippen LogP) is 3.21. The molecule has 0 amide bonds. The molecule has 2 atom stereocenters. The van der Waals surface area contributed by atoms with Gasteiger partial charge in [0.25, 0.3) is 0 Å². The minimum atomic E-state index is 0.657. The monoisotopic (exact) mass is 228 g/mol. The van der Waals surface area contributed by atoms with Crippen molar-refractivity contribution in [2.45, 2.75) is 31.8 Å². The number of hydrogen-bond donors (Lipinski definition) is 0. The Labute approximate surface area is 103 Å². The van der Waals surface area contributed by atoms with E-state index in [1.807, 2.05) is 0 Å². The van der Waals surface area contributed by atoms with Crippen molar-refractivity contribution in [3.05, 3.63) is 36.0 Å². The Kier molecular flexibility index (Phi) is 2.48. The van der Waals surface area contributed by atoms with Gasteiger partial charge in [-0.05, 0) is 56.9 Å². The van der Waals surface area contributed by atoms with Crippen molar-refractivity contribution < 1.29 is 0 Å². The maximum Gasteiger partial charge on any atom is 0.0492 e. The Morgan fingerprint density at radius 3 is 2.65 bits per heavy atom. The standard InChI is InChI=1S/C15H20N2/c1-11-4-5-12-8-9-17(15(12)10-11)14-7-6-13(14)16(2)3/h4-5,8-10,13-14H,6-7H2,1-3H3. The maximum absolute atomic E-state index is 2.47. The molecule has 3 rings (SSSR count). The highest BCUT2D eigenvalue weighted by Crippen LogP contribution is 2.37. The van der Waals surface area contributed by atoms with Crippen molar-refractivity contribution in [1.82, 2.24) is 9.47 Å². The van der Waals surface area contributed by atoms with Crippen molar-refractivity contribution in [2.75, 3.05) is 14.1 Å². The molecule has 1 saturated carbocycles. The second kappa shape index (κ2) is 3.88. The van der Waals surface area contributed by atoms with E-state index in [4.69, 9.17) is 0 Å². The predicted molar refractivity (Wildman–Crippen MR) is 72.4 cm³/mol. The molecule has 2 aromatic rings. The van der Waals surface area contributed by atoms with Crippen LogP contribution >= 0.6 is 0 Å². The smallest absolute Gasteiger partial charge is 0.0492 e. The molecule has 0 bridgehead atoms. The van der Waals surface area contributed by atoms with Crippen molar-refractivity contribution in [3.63, 3.8) is 0 Å². The van der Waals surface area contributed by atoms with Crippen LogP contribution in [-0.4, -0.2) is 29.6 Å². The lowest BCUT2D eigenvalue weighted by atomic mass is 9.85. The zero-order valence-electron chi connectivity index (χ0n) is 10.9. The van der Waals surface area contributed by atoms with E-state index >= 15 is 0 Å². The summed E-state index contributed by atoms with van der Waals surface area (Å²) in [6.45, 7) is 2.17. The average molecular weight is 228 g/mol. The second-order valence-corrected chi connectivity index (χ2v) is 5.46. The van der Waals surface area contributed by atoms with Crippen LogP contribution in [0, 0.1) is 6.92 Å². The number of aryl methyl sites for hydroxylation is 1. The molecule has 1 aromatic heterocycles. The molecular weight excluding hydrogens is 208 g/mol. The number of likely N-dealkylation sites (N-methyl/N-ethyl adjacent to an activating group) is 1.